The number of ether oxygens (including phenoxy) is 1. The second kappa shape index (κ2) is 4.42. The molecule has 0 amide bonds. The molecule has 7 heteroatoms. The second-order valence-corrected chi connectivity index (χ2v) is 4.63. The third kappa shape index (κ3) is 2.07. The number of aromatic nitrogens is 2. The van der Waals surface area contributed by atoms with Gasteiger partial charge in [0, 0.05) is 26.2 Å². The SMILES string of the molecule is CC(C)Oc1cc2c(cc1[N+](=O)[O-])n(C)c(=O)n2C. The van der Waals surface area contributed by atoms with Gasteiger partial charge in [-0.05, 0) is 13.8 Å². The van der Waals surface area contributed by atoms with Gasteiger partial charge in [-0.25, -0.2) is 4.79 Å². The summed E-state index contributed by atoms with van der Waals surface area (Å²) in [6, 6.07) is 2.91. The highest BCUT2D eigenvalue weighted by Gasteiger charge is 2.21. The van der Waals surface area contributed by atoms with Crippen molar-refractivity contribution in [3.05, 3.63) is 32.7 Å². The zero-order valence-electron chi connectivity index (χ0n) is 11.2. The van der Waals surface area contributed by atoms with Crippen LogP contribution in [0, 0.1) is 10.1 Å². The molecule has 0 N–H and O–H groups in total. The maximum absolute atomic E-state index is 11.8. The number of aryl methyl sites for hydroxylation is 2. The van der Waals surface area contributed by atoms with Crippen LogP contribution in [0.4, 0.5) is 5.69 Å². The third-order valence-electron chi connectivity index (χ3n) is 2.91. The maximum atomic E-state index is 11.8. The summed E-state index contributed by atoms with van der Waals surface area (Å²) in [6.45, 7) is 3.58. The Morgan fingerprint density at radius 3 is 2.21 bits per heavy atom. The van der Waals surface area contributed by atoms with Crippen LogP contribution in [0.2, 0.25) is 0 Å². The van der Waals surface area contributed by atoms with Crippen molar-refractivity contribution in [3.63, 3.8) is 0 Å². The van der Waals surface area contributed by atoms with Crippen molar-refractivity contribution in [2.24, 2.45) is 14.1 Å². The minimum Gasteiger partial charge on any atom is -0.484 e. The molecule has 1 aromatic carbocycles. The van der Waals surface area contributed by atoms with Gasteiger partial charge < -0.3 is 4.74 Å². The number of imidazole rings is 1. The van der Waals surface area contributed by atoms with Gasteiger partial charge in [0.25, 0.3) is 0 Å². The van der Waals surface area contributed by atoms with E-state index in [4.69, 9.17) is 4.74 Å². The van der Waals surface area contributed by atoms with Gasteiger partial charge >= 0.3 is 11.4 Å². The number of nitro groups is 1. The molecule has 0 atom stereocenters. The minimum absolute atomic E-state index is 0.137. The smallest absolute Gasteiger partial charge is 0.328 e. The Morgan fingerprint density at radius 1 is 1.21 bits per heavy atom. The van der Waals surface area contributed by atoms with Crippen LogP contribution in [0.1, 0.15) is 13.8 Å². The molecule has 0 spiro atoms. The number of rotatable bonds is 3. The van der Waals surface area contributed by atoms with Crippen LogP contribution in [0.15, 0.2) is 16.9 Å². The van der Waals surface area contributed by atoms with Gasteiger partial charge in [0.1, 0.15) is 0 Å². The number of nitro benzene ring substituents is 1. The Bertz CT molecular complexity index is 712. The first-order valence-electron chi connectivity index (χ1n) is 5.83. The van der Waals surface area contributed by atoms with Gasteiger partial charge in [0.05, 0.1) is 22.1 Å². The van der Waals surface area contributed by atoms with E-state index >= 15 is 0 Å². The molecule has 2 rings (SSSR count). The zero-order chi connectivity index (χ0) is 14.3. The molecule has 7 nitrogen and oxygen atoms in total. The zero-order valence-corrected chi connectivity index (χ0v) is 11.2. The van der Waals surface area contributed by atoms with Gasteiger partial charge in [0.2, 0.25) is 0 Å². The molecule has 1 aromatic heterocycles. The van der Waals surface area contributed by atoms with E-state index in [1.54, 1.807) is 27.9 Å². The van der Waals surface area contributed by atoms with Crippen LogP contribution in [0.3, 0.4) is 0 Å². The number of nitrogens with zero attached hydrogens (tertiary/aromatic N) is 3. The highest BCUT2D eigenvalue weighted by Crippen LogP contribution is 2.32. The lowest BCUT2D eigenvalue weighted by molar-refractivity contribution is -0.385. The third-order valence-corrected chi connectivity index (χ3v) is 2.91. The molecule has 0 radical (unpaired) electrons. The fourth-order valence-electron chi connectivity index (χ4n) is 2.01. The summed E-state index contributed by atoms with van der Waals surface area (Å²) in [5.74, 6) is 0.175. The predicted octanol–water partition coefficient (Wildman–Crippen LogP) is 1.57. The monoisotopic (exact) mass is 265 g/mol. The predicted molar refractivity (Wildman–Crippen MR) is 70.6 cm³/mol. The lowest BCUT2D eigenvalue weighted by Crippen LogP contribution is -2.19. The Balaban J connectivity index is 2.80. The van der Waals surface area contributed by atoms with Crippen LogP contribution >= 0.6 is 0 Å². The van der Waals surface area contributed by atoms with Crippen molar-refractivity contribution < 1.29 is 9.66 Å². The minimum atomic E-state index is -0.505. The van der Waals surface area contributed by atoms with Crippen molar-refractivity contribution in [2.45, 2.75) is 20.0 Å². The van der Waals surface area contributed by atoms with Crippen LogP contribution in [0.5, 0.6) is 5.75 Å². The molecule has 0 aliphatic carbocycles. The summed E-state index contributed by atoms with van der Waals surface area (Å²) in [5, 5.41) is 11.1. The lowest BCUT2D eigenvalue weighted by atomic mass is 10.2. The molecule has 0 unspecified atom stereocenters. The van der Waals surface area contributed by atoms with Crippen molar-refractivity contribution in [2.75, 3.05) is 0 Å². The number of fused-ring (bicyclic) bond motifs is 1. The van der Waals surface area contributed by atoms with Gasteiger partial charge in [-0.15, -0.1) is 0 Å². The lowest BCUT2D eigenvalue weighted by Gasteiger charge is -2.10. The van der Waals surface area contributed by atoms with Crippen LogP contribution in [-0.4, -0.2) is 20.2 Å². The molecule has 0 aliphatic heterocycles. The molecular weight excluding hydrogens is 250 g/mol. The fourth-order valence-corrected chi connectivity index (χ4v) is 2.01. The Hall–Kier alpha value is -2.31. The Morgan fingerprint density at radius 2 is 1.74 bits per heavy atom. The summed E-state index contributed by atoms with van der Waals surface area (Å²) >= 11 is 0. The summed E-state index contributed by atoms with van der Waals surface area (Å²) in [7, 11) is 3.20. The van der Waals surface area contributed by atoms with Crippen molar-refractivity contribution >= 4 is 16.7 Å². The van der Waals surface area contributed by atoms with Gasteiger partial charge in [-0.2, -0.15) is 0 Å². The van der Waals surface area contributed by atoms with Crippen molar-refractivity contribution in [1.29, 1.82) is 0 Å². The van der Waals surface area contributed by atoms with E-state index < -0.39 is 4.92 Å². The first-order chi connectivity index (χ1) is 8.82. The van der Waals surface area contributed by atoms with E-state index in [1.165, 1.54) is 21.3 Å². The molecule has 0 bridgehead atoms. The highest BCUT2D eigenvalue weighted by molar-refractivity contribution is 5.82. The molecule has 0 saturated carbocycles. The van der Waals surface area contributed by atoms with Gasteiger partial charge in [-0.1, -0.05) is 0 Å². The van der Waals surface area contributed by atoms with Crippen molar-refractivity contribution in [3.8, 4) is 5.75 Å². The van der Waals surface area contributed by atoms with E-state index in [0.717, 1.165) is 0 Å². The number of hydrogen-bond acceptors (Lipinski definition) is 4. The first kappa shape index (κ1) is 13.1. The second-order valence-electron chi connectivity index (χ2n) is 4.63. The van der Waals surface area contributed by atoms with E-state index in [2.05, 4.69) is 0 Å². The molecule has 102 valence electrons. The van der Waals surface area contributed by atoms with E-state index in [9.17, 15) is 14.9 Å². The molecule has 19 heavy (non-hydrogen) atoms. The molecule has 0 saturated heterocycles. The van der Waals surface area contributed by atoms with E-state index in [1.807, 2.05) is 0 Å². The standard InChI is InChI=1S/C12H15N3O4/c1-7(2)19-11-6-9-8(5-10(11)15(17)18)13(3)12(16)14(9)4/h5-7H,1-4H3. The summed E-state index contributed by atoms with van der Waals surface area (Å²) in [6.07, 6.45) is -0.183. The van der Waals surface area contributed by atoms with Crippen LogP contribution < -0.4 is 10.4 Å². The molecule has 1 heterocycles. The Kier molecular flexibility index (Phi) is 3.05. The summed E-state index contributed by atoms with van der Waals surface area (Å²) < 4.78 is 8.27. The summed E-state index contributed by atoms with van der Waals surface area (Å²) in [5.41, 5.74) is 0.748. The van der Waals surface area contributed by atoms with Crippen molar-refractivity contribution in [1.82, 2.24) is 9.13 Å². The molecular formula is C12H15N3O4. The van der Waals surface area contributed by atoms with Crippen LogP contribution in [-0.2, 0) is 14.1 Å². The average Bonchev–Trinajstić information content (AvgIpc) is 2.53. The fraction of sp³-hybridized carbons (Fsp3) is 0.417. The molecule has 0 fully saturated rings. The highest BCUT2D eigenvalue weighted by atomic mass is 16.6. The molecule has 0 aliphatic rings. The quantitative estimate of drug-likeness (QED) is 0.623. The van der Waals surface area contributed by atoms with Crippen LogP contribution in [0.25, 0.3) is 11.0 Å². The topological polar surface area (TPSA) is 79.3 Å². The average molecular weight is 265 g/mol. The number of benzene rings is 1. The maximum Gasteiger partial charge on any atom is 0.328 e. The largest absolute Gasteiger partial charge is 0.484 e. The van der Waals surface area contributed by atoms with Gasteiger partial charge in [-0.3, -0.25) is 19.2 Å². The normalized spacial score (nSPS) is 11.2. The van der Waals surface area contributed by atoms with Gasteiger partial charge in [0.15, 0.2) is 5.75 Å². The Labute approximate surface area is 109 Å². The van der Waals surface area contributed by atoms with E-state index in [0.29, 0.717) is 11.0 Å². The van der Waals surface area contributed by atoms with E-state index in [-0.39, 0.29) is 23.2 Å². The first-order valence-corrected chi connectivity index (χ1v) is 5.83. The summed E-state index contributed by atoms with van der Waals surface area (Å²) in [4.78, 5) is 22.4. The molecule has 2 aromatic rings. The number of hydrogen-bond donors (Lipinski definition) is 0.